The maximum atomic E-state index is 14.5. The quantitative estimate of drug-likeness (QED) is 0.551. The van der Waals surface area contributed by atoms with Gasteiger partial charge in [0, 0.05) is 17.3 Å². The zero-order valence-corrected chi connectivity index (χ0v) is 15.6. The van der Waals surface area contributed by atoms with Crippen LogP contribution in [0, 0.1) is 15.9 Å². The van der Waals surface area contributed by atoms with E-state index in [0.29, 0.717) is 24.4 Å². The summed E-state index contributed by atoms with van der Waals surface area (Å²) in [4.78, 5) is 27.4. The zero-order chi connectivity index (χ0) is 19.7. The molecule has 0 aliphatic carbocycles. The number of anilines is 1. The van der Waals surface area contributed by atoms with Gasteiger partial charge in [0.1, 0.15) is 24.7 Å². The number of fused-ring (bicyclic) bond motifs is 1. The molecule has 1 saturated heterocycles. The van der Waals surface area contributed by atoms with Gasteiger partial charge < -0.3 is 24.5 Å². The predicted octanol–water partition coefficient (Wildman–Crippen LogP) is 1.99. The van der Waals surface area contributed by atoms with E-state index in [9.17, 15) is 19.3 Å². The van der Waals surface area contributed by atoms with Crippen LogP contribution in [0.2, 0.25) is 0 Å². The number of halogens is 1. The number of carbonyl (C=O) groups excluding carboxylic acids is 1. The molecule has 4 rings (SSSR count). The van der Waals surface area contributed by atoms with Crippen molar-refractivity contribution in [3.8, 4) is 6.01 Å². The number of aromatic nitrogens is 2. The minimum Gasteiger partial charge on any atom is -0.443 e. The molecular weight excluding hydrogens is 391 g/mol. The molecule has 0 radical (unpaired) electrons. The van der Waals surface area contributed by atoms with Crippen LogP contribution in [0.4, 0.5) is 15.9 Å². The number of nitrogens with zero attached hydrogens (tertiary/aromatic N) is 4. The normalized spacial score (nSPS) is 19.2. The lowest BCUT2D eigenvalue weighted by atomic mass is 10.2. The molecule has 0 spiro atoms. The van der Waals surface area contributed by atoms with Gasteiger partial charge in [-0.3, -0.25) is 9.36 Å². The van der Waals surface area contributed by atoms with E-state index in [0.717, 1.165) is 5.75 Å². The average molecular weight is 408 g/mol. The van der Waals surface area contributed by atoms with Crippen molar-refractivity contribution in [1.29, 1.82) is 0 Å². The van der Waals surface area contributed by atoms with Crippen LogP contribution in [0.25, 0.3) is 0 Å². The minimum atomic E-state index is -0.583. The molecule has 1 aromatic carbocycles. The van der Waals surface area contributed by atoms with Crippen LogP contribution in [0.1, 0.15) is 5.56 Å². The number of thioether (sulfide) groups is 1. The Hall–Kier alpha value is -2.66. The van der Waals surface area contributed by atoms with Crippen molar-refractivity contribution in [3.63, 3.8) is 0 Å². The lowest BCUT2D eigenvalue weighted by Gasteiger charge is -2.27. The van der Waals surface area contributed by atoms with Crippen LogP contribution in [-0.2, 0) is 22.7 Å². The second-order valence-corrected chi connectivity index (χ2v) is 7.52. The average Bonchev–Trinajstić information content (AvgIpc) is 3.11. The molecule has 2 aliphatic heterocycles. The Balaban J connectivity index is 1.38. The molecule has 0 saturated carbocycles. The summed E-state index contributed by atoms with van der Waals surface area (Å²) in [7, 11) is 0. The SMILES string of the molecule is O=C1CSCCN1c1ccc(CO[C@@H]2COc3nc([N+](=O)[O-])cn3C2)cc1F. The first-order valence-corrected chi connectivity index (χ1v) is 9.79. The third-order valence-corrected chi connectivity index (χ3v) is 5.41. The van der Waals surface area contributed by atoms with Crippen molar-refractivity contribution < 1.29 is 23.6 Å². The molecule has 0 bridgehead atoms. The van der Waals surface area contributed by atoms with Crippen LogP contribution in [0.3, 0.4) is 0 Å². The maximum absolute atomic E-state index is 14.5. The van der Waals surface area contributed by atoms with Crippen molar-refractivity contribution in [3.05, 3.63) is 45.9 Å². The molecule has 1 fully saturated rings. The summed E-state index contributed by atoms with van der Waals surface area (Å²) in [5.74, 6) is 0.309. The molecule has 28 heavy (non-hydrogen) atoms. The van der Waals surface area contributed by atoms with Crippen molar-refractivity contribution in [1.82, 2.24) is 9.55 Å². The zero-order valence-electron chi connectivity index (χ0n) is 14.7. The van der Waals surface area contributed by atoms with E-state index in [-0.39, 0.29) is 42.7 Å². The Labute approximate surface area is 163 Å². The van der Waals surface area contributed by atoms with Gasteiger partial charge in [-0.15, -0.1) is 0 Å². The first kappa shape index (κ1) is 18.7. The van der Waals surface area contributed by atoms with Crippen molar-refractivity contribution in [2.24, 2.45) is 0 Å². The van der Waals surface area contributed by atoms with E-state index in [1.54, 1.807) is 23.9 Å². The third-order valence-electron chi connectivity index (χ3n) is 4.49. The number of hydrogen-bond acceptors (Lipinski definition) is 7. The van der Waals surface area contributed by atoms with Gasteiger partial charge in [-0.25, -0.2) is 4.39 Å². The number of benzene rings is 1. The second-order valence-electron chi connectivity index (χ2n) is 6.42. The van der Waals surface area contributed by atoms with Gasteiger partial charge >= 0.3 is 11.8 Å². The highest BCUT2D eigenvalue weighted by atomic mass is 32.2. The summed E-state index contributed by atoms with van der Waals surface area (Å²) in [5.41, 5.74) is 0.910. The van der Waals surface area contributed by atoms with Gasteiger partial charge in [-0.2, -0.15) is 11.8 Å². The van der Waals surface area contributed by atoms with Crippen molar-refractivity contribution >= 4 is 29.2 Å². The van der Waals surface area contributed by atoms with E-state index in [4.69, 9.17) is 9.47 Å². The van der Waals surface area contributed by atoms with Crippen molar-refractivity contribution in [2.45, 2.75) is 19.3 Å². The van der Waals surface area contributed by atoms with Crippen molar-refractivity contribution in [2.75, 3.05) is 29.6 Å². The topological polar surface area (TPSA) is 99.7 Å². The van der Waals surface area contributed by atoms with E-state index in [1.807, 2.05) is 0 Å². The molecule has 0 N–H and O–H groups in total. The molecule has 11 heteroatoms. The number of hydrogen-bond donors (Lipinski definition) is 0. The molecule has 1 amide bonds. The van der Waals surface area contributed by atoms with E-state index in [1.165, 1.54) is 21.7 Å². The van der Waals surface area contributed by atoms with E-state index in [2.05, 4.69) is 4.98 Å². The fraction of sp³-hybridized carbons (Fsp3) is 0.412. The minimum absolute atomic E-state index is 0.0938. The predicted molar refractivity (Wildman–Crippen MR) is 99.0 cm³/mol. The summed E-state index contributed by atoms with van der Waals surface area (Å²) in [6, 6.07) is 4.87. The highest BCUT2D eigenvalue weighted by Crippen LogP contribution is 2.26. The first-order valence-electron chi connectivity index (χ1n) is 8.64. The summed E-state index contributed by atoms with van der Waals surface area (Å²) in [6.07, 6.45) is 0.956. The molecule has 9 nitrogen and oxygen atoms in total. The Morgan fingerprint density at radius 2 is 2.32 bits per heavy atom. The van der Waals surface area contributed by atoms with Crippen LogP contribution in [0.5, 0.6) is 6.01 Å². The number of carbonyl (C=O) groups is 1. The molecule has 2 aromatic rings. The number of rotatable bonds is 5. The molecule has 148 valence electrons. The summed E-state index contributed by atoms with van der Waals surface area (Å²) in [6.45, 7) is 1.21. The molecule has 1 aromatic heterocycles. The van der Waals surface area contributed by atoms with Crippen LogP contribution in [-0.4, -0.2) is 51.1 Å². The first-order chi connectivity index (χ1) is 13.5. The largest absolute Gasteiger partial charge is 0.443 e. The van der Waals surface area contributed by atoms with Crippen LogP contribution < -0.4 is 9.64 Å². The van der Waals surface area contributed by atoms with Gasteiger partial charge in [-0.05, 0) is 22.6 Å². The maximum Gasteiger partial charge on any atom is 0.414 e. The van der Waals surface area contributed by atoms with Gasteiger partial charge in [0.25, 0.3) is 0 Å². The molecule has 3 heterocycles. The van der Waals surface area contributed by atoms with Crippen LogP contribution >= 0.6 is 11.8 Å². The number of ether oxygens (including phenoxy) is 2. The second kappa shape index (κ2) is 7.76. The smallest absolute Gasteiger partial charge is 0.414 e. The number of nitro groups is 1. The summed E-state index contributed by atoms with van der Waals surface area (Å²) < 4.78 is 27.2. The van der Waals surface area contributed by atoms with Gasteiger partial charge in [0.2, 0.25) is 5.91 Å². The summed E-state index contributed by atoms with van der Waals surface area (Å²) in [5, 5.41) is 10.8. The lowest BCUT2D eigenvalue weighted by molar-refractivity contribution is -0.389. The summed E-state index contributed by atoms with van der Waals surface area (Å²) >= 11 is 1.54. The Morgan fingerprint density at radius 3 is 3.07 bits per heavy atom. The Bertz CT molecular complexity index is 921. The van der Waals surface area contributed by atoms with E-state index < -0.39 is 10.7 Å². The Morgan fingerprint density at radius 1 is 1.46 bits per heavy atom. The highest BCUT2D eigenvalue weighted by Gasteiger charge is 2.28. The van der Waals surface area contributed by atoms with Gasteiger partial charge in [0.15, 0.2) is 0 Å². The number of imidazole rings is 1. The lowest BCUT2D eigenvalue weighted by Crippen LogP contribution is -2.38. The Kier molecular flexibility index (Phi) is 5.18. The monoisotopic (exact) mass is 408 g/mol. The standard InChI is InChI=1S/C17H17FN4O5S/c18-13-5-11(1-2-14(13)21-3-4-28-10-16(21)23)8-26-12-6-20-7-15(22(24)25)19-17(20)27-9-12/h1-2,5,7,12H,3-4,6,8-10H2/t12-/m0/s1. The highest BCUT2D eigenvalue weighted by molar-refractivity contribution is 8.00. The molecule has 2 aliphatic rings. The van der Waals surface area contributed by atoms with Gasteiger partial charge in [0.05, 0.1) is 24.6 Å². The number of amides is 1. The molecular formula is C17H17FN4O5S. The molecule has 0 unspecified atom stereocenters. The third kappa shape index (κ3) is 3.80. The fourth-order valence-corrected chi connectivity index (χ4v) is 3.89. The van der Waals surface area contributed by atoms with E-state index >= 15 is 0 Å². The molecule has 1 atom stereocenters. The van der Waals surface area contributed by atoms with Crippen LogP contribution in [0.15, 0.2) is 24.4 Å². The van der Waals surface area contributed by atoms with Gasteiger partial charge in [-0.1, -0.05) is 6.07 Å². The fourth-order valence-electron chi connectivity index (χ4n) is 3.11.